The molecule has 0 fully saturated rings. The largest absolute Gasteiger partial charge is 0.434 e. The second-order valence-electron chi connectivity index (χ2n) is 7.60. The van der Waals surface area contributed by atoms with E-state index in [1.165, 1.54) is 6.92 Å². The zero-order chi connectivity index (χ0) is 24.7. The summed E-state index contributed by atoms with van der Waals surface area (Å²) in [4.78, 5) is 24.6. The summed E-state index contributed by atoms with van der Waals surface area (Å²) in [5.74, 6) is -0.479. The highest BCUT2D eigenvalue weighted by Crippen LogP contribution is 2.37. The molecule has 176 valence electrons. The fraction of sp³-hybridized carbons (Fsp3) is 0.217. The molecular formula is C23H16F6N4O. The van der Waals surface area contributed by atoms with Gasteiger partial charge in [-0.3, -0.25) is 19.3 Å². The van der Waals surface area contributed by atoms with E-state index >= 15 is 0 Å². The fourth-order valence-corrected chi connectivity index (χ4v) is 3.79. The smallest absolute Gasteiger partial charge is 0.288 e. The van der Waals surface area contributed by atoms with Gasteiger partial charge in [0.25, 0.3) is 5.56 Å². The summed E-state index contributed by atoms with van der Waals surface area (Å²) < 4.78 is 82.9. The van der Waals surface area contributed by atoms with Crippen LogP contribution in [0.3, 0.4) is 0 Å². The molecule has 4 rings (SSSR count). The van der Waals surface area contributed by atoms with Gasteiger partial charge in [-0.1, -0.05) is 30.3 Å². The van der Waals surface area contributed by atoms with E-state index in [1.54, 1.807) is 30.3 Å². The maximum absolute atomic E-state index is 13.7. The molecule has 34 heavy (non-hydrogen) atoms. The third-order valence-electron chi connectivity index (χ3n) is 5.22. The molecule has 0 spiro atoms. The highest BCUT2D eigenvalue weighted by Gasteiger charge is 2.39. The summed E-state index contributed by atoms with van der Waals surface area (Å²) in [6.07, 6.45) is -7.75. The predicted octanol–water partition coefficient (Wildman–Crippen LogP) is 5.69. The molecule has 1 atom stereocenters. The zero-order valence-corrected chi connectivity index (χ0v) is 17.5. The molecule has 0 saturated heterocycles. The van der Waals surface area contributed by atoms with Crippen LogP contribution >= 0.6 is 0 Å². The Morgan fingerprint density at radius 2 is 1.59 bits per heavy atom. The summed E-state index contributed by atoms with van der Waals surface area (Å²) in [6.45, 7) is 1.52. The van der Waals surface area contributed by atoms with Crippen LogP contribution in [0, 0.1) is 0 Å². The van der Waals surface area contributed by atoms with Gasteiger partial charge in [-0.25, -0.2) is 4.98 Å². The Hall–Kier alpha value is -3.76. The van der Waals surface area contributed by atoms with Crippen LogP contribution < -0.4 is 5.56 Å². The zero-order valence-electron chi connectivity index (χ0n) is 17.5. The van der Waals surface area contributed by atoms with Crippen LogP contribution in [0.1, 0.15) is 29.8 Å². The van der Waals surface area contributed by atoms with Gasteiger partial charge in [0.1, 0.15) is 5.69 Å². The van der Waals surface area contributed by atoms with E-state index in [9.17, 15) is 31.1 Å². The van der Waals surface area contributed by atoms with Gasteiger partial charge in [-0.05, 0) is 37.1 Å². The van der Waals surface area contributed by atoms with Crippen molar-refractivity contribution in [1.82, 2.24) is 19.5 Å². The molecule has 0 bridgehead atoms. The molecule has 4 aromatic rings. The molecule has 0 saturated carbocycles. The molecule has 0 aliphatic heterocycles. The normalized spacial score (nSPS) is 13.3. The van der Waals surface area contributed by atoms with Crippen LogP contribution in [0.5, 0.6) is 0 Å². The minimum absolute atomic E-state index is 0.150. The fourth-order valence-electron chi connectivity index (χ4n) is 3.79. The lowest BCUT2D eigenvalue weighted by atomic mass is 10.1. The quantitative estimate of drug-likeness (QED) is 0.354. The molecule has 11 heteroatoms. The third kappa shape index (κ3) is 4.37. The maximum atomic E-state index is 13.7. The number of aromatic nitrogens is 4. The average molecular weight is 478 g/mol. The molecule has 1 aromatic carbocycles. The molecule has 0 amide bonds. The van der Waals surface area contributed by atoms with Gasteiger partial charge in [-0.2, -0.15) is 26.3 Å². The number of pyridine rings is 2. The first kappa shape index (κ1) is 23.4. The van der Waals surface area contributed by atoms with Crippen molar-refractivity contribution in [2.75, 3.05) is 0 Å². The van der Waals surface area contributed by atoms with Crippen LogP contribution in [0.15, 0.2) is 65.7 Å². The number of fused-ring (bicyclic) bond motifs is 1. The van der Waals surface area contributed by atoms with Crippen LogP contribution in [0.4, 0.5) is 26.3 Å². The monoisotopic (exact) mass is 478 g/mol. The van der Waals surface area contributed by atoms with Crippen molar-refractivity contribution in [3.05, 3.63) is 88.1 Å². The summed E-state index contributed by atoms with van der Waals surface area (Å²) in [7, 11) is 0. The van der Waals surface area contributed by atoms with Gasteiger partial charge < -0.3 is 0 Å². The van der Waals surface area contributed by atoms with Gasteiger partial charge in [0, 0.05) is 18.4 Å². The summed E-state index contributed by atoms with van der Waals surface area (Å²) in [5.41, 5.74) is -4.11. The second kappa shape index (κ2) is 8.54. The maximum Gasteiger partial charge on any atom is 0.434 e. The molecule has 0 aliphatic rings. The topological polar surface area (TPSA) is 60.7 Å². The standard InChI is InChI=1S/C23H16F6N4O/c1-13(12-14-6-3-2-4-7-14)33-20(18-15(22(24,25)26)8-5-10-30-18)32-16-9-11-31-19(23(27,28)29)17(16)21(33)34/h2-11,13H,12H2,1H3/t13-/m1/s1. The van der Waals surface area contributed by atoms with E-state index in [0.29, 0.717) is 0 Å². The molecule has 0 radical (unpaired) electrons. The highest BCUT2D eigenvalue weighted by molar-refractivity contribution is 5.82. The molecule has 0 unspecified atom stereocenters. The minimum atomic E-state index is -4.97. The van der Waals surface area contributed by atoms with Crippen LogP contribution in [-0.2, 0) is 18.8 Å². The van der Waals surface area contributed by atoms with Gasteiger partial charge in [0.05, 0.1) is 16.5 Å². The van der Waals surface area contributed by atoms with Crippen molar-refractivity contribution in [3.8, 4) is 11.5 Å². The van der Waals surface area contributed by atoms with Gasteiger partial charge in [-0.15, -0.1) is 0 Å². The van der Waals surface area contributed by atoms with E-state index in [4.69, 9.17) is 0 Å². The number of rotatable bonds is 4. The van der Waals surface area contributed by atoms with Gasteiger partial charge >= 0.3 is 12.4 Å². The predicted molar refractivity (Wildman–Crippen MR) is 112 cm³/mol. The molecule has 0 aliphatic carbocycles. The van der Waals surface area contributed by atoms with Crippen LogP contribution in [0.25, 0.3) is 22.4 Å². The van der Waals surface area contributed by atoms with Crippen molar-refractivity contribution >= 4 is 10.9 Å². The Labute approximate surface area is 188 Å². The van der Waals surface area contributed by atoms with E-state index in [1.807, 2.05) is 0 Å². The van der Waals surface area contributed by atoms with Crippen molar-refractivity contribution < 1.29 is 26.3 Å². The second-order valence-corrected chi connectivity index (χ2v) is 7.60. The Morgan fingerprint density at radius 1 is 0.882 bits per heavy atom. The first-order valence-corrected chi connectivity index (χ1v) is 10.0. The lowest BCUT2D eigenvalue weighted by Crippen LogP contribution is -2.30. The molecule has 0 N–H and O–H groups in total. The molecule has 5 nitrogen and oxygen atoms in total. The number of halogens is 6. The molecule has 3 heterocycles. The van der Waals surface area contributed by atoms with E-state index in [-0.39, 0.29) is 6.42 Å². The Morgan fingerprint density at radius 3 is 2.24 bits per heavy atom. The average Bonchev–Trinajstić information content (AvgIpc) is 2.78. The minimum Gasteiger partial charge on any atom is -0.288 e. The Bertz CT molecular complexity index is 1400. The Kier molecular flexibility index (Phi) is 5.88. The number of hydrogen-bond donors (Lipinski definition) is 0. The van der Waals surface area contributed by atoms with Crippen molar-refractivity contribution in [3.63, 3.8) is 0 Å². The van der Waals surface area contributed by atoms with Crippen LogP contribution in [-0.4, -0.2) is 19.5 Å². The third-order valence-corrected chi connectivity index (χ3v) is 5.22. The van der Waals surface area contributed by atoms with E-state index in [2.05, 4.69) is 15.0 Å². The first-order valence-electron chi connectivity index (χ1n) is 10.0. The highest BCUT2D eigenvalue weighted by atomic mass is 19.4. The Balaban J connectivity index is 2.07. The van der Waals surface area contributed by atoms with Crippen molar-refractivity contribution in [1.29, 1.82) is 0 Å². The van der Waals surface area contributed by atoms with Gasteiger partial charge in [0.2, 0.25) is 0 Å². The van der Waals surface area contributed by atoms with E-state index < -0.39 is 57.6 Å². The molecular weight excluding hydrogens is 462 g/mol. The first-order chi connectivity index (χ1) is 16.0. The summed E-state index contributed by atoms with van der Waals surface area (Å²) >= 11 is 0. The number of nitrogens with zero attached hydrogens (tertiary/aromatic N) is 4. The summed E-state index contributed by atoms with van der Waals surface area (Å²) in [6, 6.07) is 10.7. The SMILES string of the molecule is C[C@H](Cc1ccccc1)n1c(-c2ncccc2C(F)(F)F)nc2ccnc(C(F)(F)F)c2c1=O. The summed E-state index contributed by atoms with van der Waals surface area (Å²) in [5, 5.41) is -0.817. The number of hydrogen-bond acceptors (Lipinski definition) is 4. The number of alkyl halides is 6. The van der Waals surface area contributed by atoms with Crippen molar-refractivity contribution in [2.24, 2.45) is 0 Å². The molecule has 3 aromatic heterocycles. The van der Waals surface area contributed by atoms with Gasteiger partial charge in [0.15, 0.2) is 11.5 Å². The lowest BCUT2D eigenvalue weighted by Gasteiger charge is -2.22. The van der Waals surface area contributed by atoms with E-state index in [0.717, 1.165) is 40.7 Å². The lowest BCUT2D eigenvalue weighted by molar-refractivity contribution is -0.140. The van der Waals surface area contributed by atoms with Crippen molar-refractivity contribution in [2.45, 2.75) is 31.7 Å². The number of benzene rings is 1. The van der Waals surface area contributed by atoms with Crippen LogP contribution in [0.2, 0.25) is 0 Å².